The number of amides is 1. The highest BCUT2D eigenvalue weighted by Crippen LogP contribution is 2.19. The van der Waals surface area contributed by atoms with Gasteiger partial charge in [0.1, 0.15) is 5.69 Å². The Bertz CT molecular complexity index is 768. The number of H-pyrrole nitrogens is 1. The Balaban J connectivity index is 1.91. The van der Waals surface area contributed by atoms with E-state index >= 15 is 0 Å². The van der Waals surface area contributed by atoms with E-state index in [2.05, 4.69) is 34.3 Å². The van der Waals surface area contributed by atoms with E-state index in [9.17, 15) is 9.59 Å². The summed E-state index contributed by atoms with van der Waals surface area (Å²) in [6.45, 7) is 10.1. The molecule has 0 aliphatic heterocycles. The summed E-state index contributed by atoms with van der Waals surface area (Å²) in [6, 6.07) is 10.2. The van der Waals surface area contributed by atoms with Gasteiger partial charge in [-0.1, -0.05) is 18.2 Å². The monoisotopic (exact) mass is 371 g/mol. The van der Waals surface area contributed by atoms with Crippen LogP contribution in [0.5, 0.6) is 0 Å². The molecule has 0 spiro atoms. The quantitative estimate of drug-likeness (QED) is 0.523. The summed E-state index contributed by atoms with van der Waals surface area (Å²) in [6.07, 6.45) is 0.831. The average molecular weight is 371 g/mol. The van der Waals surface area contributed by atoms with E-state index in [1.807, 2.05) is 18.2 Å². The second kappa shape index (κ2) is 9.80. The predicted molar refractivity (Wildman–Crippen MR) is 108 cm³/mol. The molecule has 1 heterocycles. The van der Waals surface area contributed by atoms with Gasteiger partial charge in [-0.15, -0.1) is 0 Å². The maximum atomic E-state index is 12.5. The van der Waals surface area contributed by atoms with Crippen LogP contribution in [0, 0.1) is 13.8 Å². The molecule has 0 aliphatic carbocycles. The van der Waals surface area contributed by atoms with Gasteiger partial charge in [0.15, 0.2) is 0 Å². The van der Waals surface area contributed by atoms with E-state index in [0.29, 0.717) is 35.7 Å². The van der Waals surface area contributed by atoms with Crippen molar-refractivity contribution in [3.05, 3.63) is 52.8 Å². The van der Waals surface area contributed by atoms with Crippen LogP contribution in [0.1, 0.15) is 52.4 Å². The highest BCUT2D eigenvalue weighted by Gasteiger charge is 2.22. The highest BCUT2D eigenvalue weighted by atomic mass is 16.5. The van der Waals surface area contributed by atoms with Crippen molar-refractivity contribution in [2.45, 2.75) is 34.1 Å². The zero-order chi connectivity index (χ0) is 19.8. The molecule has 2 aromatic rings. The molecule has 0 radical (unpaired) electrons. The number of aromatic amines is 1. The summed E-state index contributed by atoms with van der Waals surface area (Å²) in [4.78, 5) is 29.8. The second-order valence-electron chi connectivity index (χ2n) is 6.37. The fourth-order valence-electron chi connectivity index (χ4n) is 3.16. The van der Waals surface area contributed by atoms with Crippen LogP contribution in [0.3, 0.4) is 0 Å². The number of carbonyl (C=O) groups excluding carboxylic acids is 2. The lowest BCUT2D eigenvalue weighted by Gasteiger charge is -2.23. The van der Waals surface area contributed by atoms with Gasteiger partial charge in [-0.3, -0.25) is 4.79 Å². The summed E-state index contributed by atoms with van der Waals surface area (Å²) < 4.78 is 5.07. The van der Waals surface area contributed by atoms with Crippen LogP contribution in [-0.4, -0.2) is 43.1 Å². The molecule has 6 nitrogen and oxygen atoms in total. The van der Waals surface area contributed by atoms with Gasteiger partial charge >= 0.3 is 5.97 Å². The van der Waals surface area contributed by atoms with Crippen LogP contribution in [0.2, 0.25) is 0 Å². The minimum atomic E-state index is -0.399. The first-order valence-electron chi connectivity index (χ1n) is 9.44. The minimum absolute atomic E-state index is 0.200. The summed E-state index contributed by atoms with van der Waals surface area (Å²) in [7, 11) is 0. The van der Waals surface area contributed by atoms with Gasteiger partial charge < -0.3 is 19.9 Å². The number of ether oxygens (including phenoxy) is 1. The molecule has 0 unspecified atom stereocenters. The molecule has 0 saturated carbocycles. The Labute approximate surface area is 160 Å². The largest absolute Gasteiger partial charge is 0.462 e. The molecule has 1 aromatic heterocycles. The Morgan fingerprint density at radius 2 is 1.85 bits per heavy atom. The number of carbonyl (C=O) groups is 2. The molecule has 2 rings (SSSR count). The van der Waals surface area contributed by atoms with Crippen molar-refractivity contribution in [2.75, 3.05) is 31.1 Å². The lowest BCUT2D eigenvalue weighted by molar-refractivity contribution is 0.0525. The summed E-state index contributed by atoms with van der Waals surface area (Å²) in [5.74, 6) is -0.599. The van der Waals surface area contributed by atoms with Crippen LogP contribution in [0.15, 0.2) is 30.3 Å². The molecule has 0 fully saturated rings. The van der Waals surface area contributed by atoms with Gasteiger partial charge in [0.05, 0.1) is 12.2 Å². The lowest BCUT2D eigenvalue weighted by atomic mass is 10.1. The Kier molecular flexibility index (Phi) is 7.46. The Morgan fingerprint density at radius 1 is 1.15 bits per heavy atom. The van der Waals surface area contributed by atoms with E-state index < -0.39 is 5.97 Å². The van der Waals surface area contributed by atoms with Crippen molar-refractivity contribution in [3.8, 4) is 0 Å². The maximum absolute atomic E-state index is 12.5. The fraction of sp³-hybridized carbons (Fsp3) is 0.429. The number of anilines is 1. The van der Waals surface area contributed by atoms with Crippen molar-refractivity contribution >= 4 is 17.6 Å². The number of esters is 1. The molecule has 6 heteroatoms. The zero-order valence-corrected chi connectivity index (χ0v) is 16.6. The summed E-state index contributed by atoms with van der Waals surface area (Å²) in [5, 5.41) is 2.93. The van der Waals surface area contributed by atoms with E-state index in [-0.39, 0.29) is 5.91 Å². The number of rotatable bonds is 9. The predicted octanol–water partition coefficient (Wildman–Crippen LogP) is 3.45. The molecule has 146 valence electrons. The number of hydrogen-bond acceptors (Lipinski definition) is 4. The van der Waals surface area contributed by atoms with Gasteiger partial charge in [-0.05, 0) is 51.8 Å². The number of aromatic nitrogens is 1. The van der Waals surface area contributed by atoms with Crippen LogP contribution < -0.4 is 10.2 Å². The number of aryl methyl sites for hydroxylation is 1. The van der Waals surface area contributed by atoms with Crippen LogP contribution in [0.25, 0.3) is 0 Å². The first-order chi connectivity index (χ1) is 13.0. The van der Waals surface area contributed by atoms with E-state index in [4.69, 9.17) is 4.74 Å². The van der Waals surface area contributed by atoms with Crippen molar-refractivity contribution in [1.82, 2.24) is 10.3 Å². The van der Waals surface area contributed by atoms with E-state index in [1.54, 1.807) is 20.8 Å². The molecule has 2 N–H and O–H groups in total. The van der Waals surface area contributed by atoms with Crippen LogP contribution >= 0.6 is 0 Å². The van der Waals surface area contributed by atoms with Gasteiger partial charge in [0, 0.05) is 31.0 Å². The molecule has 0 aliphatic rings. The smallest absolute Gasteiger partial charge is 0.340 e. The van der Waals surface area contributed by atoms with Crippen molar-refractivity contribution < 1.29 is 14.3 Å². The van der Waals surface area contributed by atoms with E-state index in [0.717, 1.165) is 19.5 Å². The van der Waals surface area contributed by atoms with Gasteiger partial charge in [-0.2, -0.15) is 0 Å². The second-order valence-corrected chi connectivity index (χ2v) is 6.37. The molecule has 1 aromatic carbocycles. The number of benzene rings is 1. The lowest BCUT2D eigenvalue weighted by Crippen LogP contribution is -2.30. The fourth-order valence-corrected chi connectivity index (χ4v) is 3.16. The Hall–Kier alpha value is -2.76. The standard InChI is InChI=1S/C21H29N3O3/c1-5-24(17-11-8-7-9-12-17)14-10-13-22-20(25)19-15(3)18(16(4)23-19)21(26)27-6-2/h7-9,11-12,23H,5-6,10,13-14H2,1-4H3,(H,22,25). The molecular formula is C21H29N3O3. The first kappa shape index (κ1) is 20.6. The maximum Gasteiger partial charge on any atom is 0.340 e. The van der Waals surface area contributed by atoms with Crippen molar-refractivity contribution in [2.24, 2.45) is 0 Å². The summed E-state index contributed by atoms with van der Waals surface area (Å²) >= 11 is 0. The highest BCUT2D eigenvalue weighted by molar-refractivity contribution is 6.00. The van der Waals surface area contributed by atoms with Crippen LogP contribution in [0.4, 0.5) is 5.69 Å². The number of para-hydroxylation sites is 1. The first-order valence-corrected chi connectivity index (χ1v) is 9.44. The zero-order valence-electron chi connectivity index (χ0n) is 16.6. The molecule has 0 bridgehead atoms. The third-order valence-electron chi connectivity index (χ3n) is 4.54. The molecule has 27 heavy (non-hydrogen) atoms. The molecule has 0 atom stereocenters. The van der Waals surface area contributed by atoms with Crippen molar-refractivity contribution in [3.63, 3.8) is 0 Å². The number of nitrogens with one attached hydrogen (secondary N) is 2. The molecule has 1 amide bonds. The van der Waals surface area contributed by atoms with Crippen molar-refractivity contribution in [1.29, 1.82) is 0 Å². The Morgan fingerprint density at radius 3 is 2.48 bits per heavy atom. The molecule has 0 saturated heterocycles. The molecular weight excluding hydrogens is 342 g/mol. The topological polar surface area (TPSA) is 74.4 Å². The third-order valence-corrected chi connectivity index (χ3v) is 4.54. The number of hydrogen-bond donors (Lipinski definition) is 2. The normalized spacial score (nSPS) is 10.5. The minimum Gasteiger partial charge on any atom is -0.462 e. The third kappa shape index (κ3) is 5.12. The van der Waals surface area contributed by atoms with Gasteiger partial charge in [-0.25, -0.2) is 4.79 Å². The number of nitrogens with zero attached hydrogens (tertiary/aromatic N) is 1. The average Bonchev–Trinajstić information content (AvgIpc) is 2.97. The van der Waals surface area contributed by atoms with Gasteiger partial charge in [0.25, 0.3) is 5.91 Å². The summed E-state index contributed by atoms with van der Waals surface area (Å²) in [5.41, 5.74) is 3.33. The SMILES string of the molecule is CCOC(=O)c1c(C)[nH]c(C(=O)NCCCN(CC)c2ccccc2)c1C. The van der Waals surface area contributed by atoms with E-state index in [1.165, 1.54) is 5.69 Å². The van der Waals surface area contributed by atoms with Gasteiger partial charge in [0.2, 0.25) is 0 Å². The van der Waals surface area contributed by atoms with Crippen LogP contribution in [-0.2, 0) is 4.74 Å².